The Labute approximate surface area is 105 Å². The highest BCUT2D eigenvalue weighted by Gasteiger charge is 2.31. The van der Waals surface area contributed by atoms with Crippen LogP contribution in [0.2, 0.25) is 0 Å². The number of alkyl halides is 3. The highest BCUT2D eigenvalue weighted by atomic mass is 32.2. The molecule has 0 unspecified atom stereocenters. The number of nitriles is 1. The van der Waals surface area contributed by atoms with Crippen LogP contribution in [-0.4, -0.2) is 15.1 Å². The Balaban J connectivity index is 2.64. The lowest BCUT2D eigenvalue weighted by Crippen LogP contribution is -2.05. The van der Waals surface area contributed by atoms with Gasteiger partial charge in [0.15, 0.2) is 5.69 Å². The molecule has 0 saturated carbocycles. The van der Waals surface area contributed by atoms with E-state index in [1.807, 2.05) is 13.0 Å². The molecule has 0 fully saturated rings. The van der Waals surface area contributed by atoms with Crippen LogP contribution >= 0.6 is 11.8 Å². The smallest absolute Gasteiger partial charge is 0.293 e. The van der Waals surface area contributed by atoms with E-state index < -0.39 is 11.7 Å². The van der Waals surface area contributed by atoms with Crippen molar-refractivity contribution in [3.63, 3.8) is 0 Å². The van der Waals surface area contributed by atoms with Gasteiger partial charge in [-0.15, -0.1) is 11.8 Å². The number of thioether (sulfide) groups is 1. The number of rotatable bonds is 2. The van der Waals surface area contributed by atoms with E-state index in [0.717, 1.165) is 12.1 Å². The minimum absolute atomic E-state index is 0.136. The zero-order chi connectivity index (χ0) is 13.3. The van der Waals surface area contributed by atoms with Crippen molar-refractivity contribution in [2.24, 2.45) is 0 Å². The first kappa shape index (κ1) is 12.8. The van der Waals surface area contributed by atoms with Crippen molar-refractivity contribution < 1.29 is 13.2 Å². The minimum atomic E-state index is -4.40. The summed E-state index contributed by atoms with van der Waals surface area (Å²) in [5.74, 6) is 0.712. The molecule has 0 spiro atoms. The molecule has 0 aliphatic heterocycles. The van der Waals surface area contributed by atoms with Crippen LogP contribution in [0.5, 0.6) is 0 Å². The molecule has 94 valence electrons. The summed E-state index contributed by atoms with van der Waals surface area (Å²) in [6.07, 6.45) is -3.11. The van der Waals surface area contributed by atoms with Crippen LogP contribution in [-0.2, 0) is 6.18 Å². The molecule has 0 radical (unpaired) electrons. The van der Waals surface area contributed by atoms with Crippen LogP contribution < -0.4 is 0 Å². The first-order chi connectivity index (χ1) is 8.47. The fourth-order valence-electron chi connectivity index (χ4n) is 1.55. The molecule has 0 bridgehead atoms. The summed E-state index contributed by atoms with van der Waals surface area (Å²) in [4.78, 5) is 3.90. The molecule has 2 rings (SSSR count). The van der Waals surface area contributed by atoms with Crippen LogP contribution in [0.3, 0.4) is 0 Å². The van der Waals surface area contributed by atoms with Gasteiger partial charge in [0.2, 0.25) is 0 Å². The molecule has 18 heavy (non-hydrogen) atoms. The number of nitrogens with zero attached hydrogens (tertiary/aromatic N) is 3. The first-order valence-electron chi connectivity index (χ1n) is 5.09. The number of imidazole rings is 1. The number of pyridine rings is 1. The van der Waals surface area contributed by atoms with Crippen LogP contribution in [0.1, 0.15) is 18.2 Å². The summed E-state index contributed by atoms with van der Waals surface area (Å²) in [5.41, 5.74) is -0.476. The Morgan fingerprint density at radius 2 is 2.22 bits per heavy atom. The number of fused-ring (bicyclic) bond motifs is 1. The summed E-state index contributed by atoms with van der Waals surface area (Å²) in [6.45, 7) is 1.90. The Kier molecular flexibility index (Phi) is 3.22. The van der Waals surface area contributed by atoms with E-state index >= 15 is 0 Å². The highest BCUT2D eigenvalue weighted by molar-refractivity contribution is 7.99. The first-order valence-corrected chi connectivity index (χ1v) is 6.08. The molecule has 2 aromatic heterocycles. The van der Waals surface area contributed by atoms with Gasteiger partial charge >= 0.3 is 6.18 Å². The fourth-order valence-corrected chi connectivity index (χ4v) is 2.34. The number of hydrogen-bond donors (Lipinski definition) is 0. The van der Waals surface area contributed by atoms with Gasteiger partial charge in [-0.05, 0) is 17.9 Å². The zero-order valence-electron chi connectivity index (χ0n) is 9.32. The maximum absolute atomic E-state index is 12.5. The summed E-state index contributed by atoms with van der Waals surface area (Å²) < 4.78 is 39.1. The van der Waals surface area contributed by atoms with Gasteiger partial charge in [0.25, 0.3) is 0 Å². The summed E-state index contributed by atoms with van der Waals surface area (Å²) >= 11 is 1.37. The van der Waals surface area contributed by atoms with E-state index in [4.69, 9.17) is 5.26 Å². The van der Waals surface area contributed by atoms with E-state index in [9.17, 15) is 13.2 Å². The Morgan fingerprint density at radius 1 is 1.50 bits per heavy atom. The van der Waals surface area contributed by atoms with Crippen molar-refractivity contribution in [2.75, 3.05) is 5.75 Å². The van der Waals surface area contributed by atoms with Gasteiger partial charge in [-0.25, -0.2) is 4.98 Å². The number of halogens is 3. The molecule has 0 aromatic carbocycles. The van der Waals surface area contributed by atoms with Gasteiger partial charge < -0.3 is 0 Å². The average molecular weight is 271 g/mol. The van der Waals surface area contributed by atoms with E-state index in [1.54, 1.807) is 0 Å². The van der Waals surface area contributed by atoms with E-state index in [0.29, 0.717) is 10.8 Å². The predicted octanol–water partition coefficient (Wildman–Crippen LogP) is 3.34. The lowest BCUT2D eigenvalue weighted by atomic mass is 10.2. The Morgan fingerprint density at radius 3 is 2.78 bits per heavy atom. The SMILES string of the molecule is CCSc1c(C#N)nc2cc(C(F)(F)F)ccn12. The summed E-state index contributed by atoms with van der Waals surface area (Å²) in [7, 11) is 0. The minimum Gasteiger partial charge on any atom is -0.293 e. The van der Waals surface area contributed by atoms with Gasteiger partial charge in [0.1, 0.15) is 16.7 Å². The molecule has 2 heterocycles. The third kappa shape index (κ3) is 2.16. The second kappa shape index (κ2) is 4.53. The molecule has 0 atom stereocenters. The monoisotopic (exact) mass is 271 g/mol. The van der Waals surface area contributed by atoms with Crippen molar-refractivity contribution in [3.05, 3.63) is 29.6 Å². The van der Waals surface area contributed by atoms with Gasteiger partial charge in [0.05, 0.1) is 5.56 Å². The van der Waals surface area contributed by atoms with Crippen LogP contribution in [0, 0.1) is 11.3 Å². The molecule has 0 amide bonds. The summed E-state index contributed by atoms with van der Waals surface area (Å²) in [5, 5.41) is 9.49. The molecule has 7 heteroatoms. The summed E-state index contributed by atoms with van der Waals surface area (Å²) in [6, 6.07) is 3.82. The van der Waals surface area contributed by atoms with E-state index in [1.165, 1.54) is 22.4 Å². The van der Waals surface area contributed by atoms with Gasteiger partial charge in [-0.1, -0.05) is 6.92 Å². The standard InChI is InChI=1S/C11H8F3N3S/c1-2-18-10-8(6-15)16-9-5-7(11(12,13)14)3-4-17(9)10/h3-5H,2H2,1H3. The maximum Gasteiger partial charge on any atom is 0.416 e. The lowest BCUT2D eigenvalue weighted by Gasteiger charge is -2.06. The lowest BCUT2D eigenvalue weighted by molar-refractivity contribution is -0.137. The topological polar surface area (TPSA) is 41.1 Å². The number of hydrogen-bond acceptors (Lipinski definition) is 3. The maximum atomic E-state index is 12.5. The van der Waals surface area contributed by atoms with Crippen LogP contribution in [0.4, 0.5) is 13.2 Å². The molecular formula is C11H8F3N3S. The molecule has 0 aliphatic rings. The quantitative estimate of drug-likeness (QED) is 0.787. The second-order valence-corrected chi connectivity index (χ2v) is 4.70. The van der Waals surface area contributed by atoms with Crippen molar-refractivity contribution in [1.29, 1.82) is 5.26 Å². The Hall–Kier alpha value is -1.68. The molecule has 0 saturated heterocycles. The number of aromatic nitrogens is 2. The molecular weight excluding hydrogens is 263 g/mol. The van der Waals surface area contributed by atoms with Crippen molar-refractivity contribution in [2.45, 2.75) is 18.1 Å². The van der Waals surface area contributed by atoms with Crippen LogP contribution in [0.15, 0.2) is 23.4 Å². The van der Waals surface area contributed by atoms with Gasteiger partial charge in [0, 0.05) is 6.20 Å². The normalized spacial score (nSPS) is 11.7. The molecule has 0 N–H and O–H groups in total. The van der Waals surface area contributed by atoms with Crippen molar-refractivity contribution in [1.82, 2.24) is 9.38 Å². The Bertz CT molecular complexity index is 625. The highest BCUT2D eigenvalue weighted by Crippen LogP contribution is 2.31. The molecule has 2 aromatic rings. The molecule has 0 aliphatic carbocycles. The predicted molar refractivity (Wildman–Crippen MR) is 61.3 cm³/mol. The third-order valence-electron chi connectivity index (χ3n) is 2.30. The molecule has 3 nitrogen and oxygen atoms in total. The van der Waals surface area contributed by atoms with Crippen molar-refractivity contribution >= 4 is 17.4 Å². The van der Waals surface area contributed by atoms with Gasteiger partial charge in [-0.3, -0.25) is 4.40 Å². The largest absolute Gasteiger partial charge is 0.416 e. The third-order valence-corrected chi connectivity index (χ3v) is 3.25. The van der Waals surface area contributed by atoms with Crippen molar-refractivity contribution in [3.8, 4) is 6.07 Å². The van der Waals surface area contributed by atoms with Gasteiger partial charge in [-0.2, -0.15) is 18.4 Å². The zero-order valence-corrected chi connectivity index (χ0v) is 10.1. The van der Waals surface area contributed by atoms with Crippen LogP contribution in [0.25, 0.3) is 5.65 Å². The second-order valence-electron chi connectivity index (χ2n) is 3.45. The fraction of sp³-hybridized carbons (Fsp3) is 0.273. The van der Waals surface area contributed by atoms with E-state index in [2.05, 4.69) is 4.98 Å². The van der Waals surface area contributed by atoms with E-state index in [-0.39, 0.29) is 11.3 Å². The average Bonchev–Trinajstić information content (AvgIpc) is 2.66.